The van der Waals surface area contributed by atoms with Crippen LogP contribution in [0.25, 0.3) is 16.3 Å². The van der Waals surface area contributed by atoms with Crippen molar-refractivity contribution in [2.24, 2.45) is 0 Å². The SMILES string of the molecule is COc1ccc(/C=C/C(=O)N(Cc2ccccn2)c2nc3c(C(F)(F)F)cccc3s2)cc1OC. The lowest BCUT2D eigenvalue weighted by molar-refractivity contribution is -0.136. The summed E-state index contributed by atoms with van der Waals surface area (Å²) in [5.74, 6) is 0.582. The molecule has 0 N–H and O–H groups in total. The molecule has 2 aromatic carbocycles. The Morgan fingerprint density at radius 2 is 1.86 bits per heavy atom. The molecule has 0 unspecified atom stereocenters. The lowest BCUT2D eigenvalue weighted by Crippen LogP contribution is -2.29. The van der Waals surface area contributed by atoms with Crippen LogP contribution in [0.15, 0.2) is 66.9 Å². The van der Waals surface area contributed by atoms with Gasteiger partial charge >= 0.3 is 6.18 Å². The van der Waals surface area contributed by atoms with Crippen LogP contribution in [0.2, 0.25) is 0 Å². The summed E-state index contributed by atoms with van der Waals surface area (Å²) < 4.78 is 51.3. The fraction of sp³-hybridized carbons (Fsp3) is 0.160. The highest BCUT2D eigenvalue weighted by molar-refractivity contribution is 7.22. The minimum absolute atomic E-state index is 0.0388. The molecule has 0 saturated heterocycles. The van der Waals surface area contributed by atoms with Gasteiger partial charge in [0.2, 0.25) is 0 Å². The molecule has 0 aliphatic rings. The summed E-state index contributed by atoms with van der Waals surface area (Å²) in [5, 5.41) is 0.143. The summed E-state index contributed by atoms with van der Waals surface area (Å²) in [7, 11) is 3.03. The number of nitrogens with zero attached hydrogens (tertiary/aromatic N) is 3. The van der Waals surface area contributed by atoms with Gasteiger partial charge in [0.1, 0.15) is 0 Å². The van der Waals surface area contributed by atoms with Gasteiger partial charge in [-0.15, -0.1) is 0 Å². The van der Waals surface area contributed by atoms with Crippen LogP contribution in [0.5, 0.6) is 11.5 Å². The molecule has 6 nitrogen and oxygen atoms in total. The molecule has 35 heavy (non-hydrogen) atoms. The molecule has 0 saturated carbocycles. The van der Waals surface area contributed by atoms with Gasteiger partial charge in [-0.3, -0.25) is 14.7 Å². The van der Waals surface area contributed by atoms with Crippen molar-refractivity contribution in [2.45, 2.75) is 12.7 Å². The van der Waals surface area contributed by atoms with Crippen molar-refractivity contribution in [1.29, 1.82) is 0 Å². The highest BCUT2D eigenvalue weighted by atomic mass is 32.1. The Bertz CT molecular complexity index is 1370. The number of methoxy groups -OCH3 is 2. The van der Waals surface area contributed by atoms with Crippen LogP contribution in [0.3, 0.4) is 0 Å². The van der Waals surface area contributed by atoms with Gasteiger partial charge in [-0.2, -0.15) is 13.2 Å². The number of para-hydroxylation sites is 1. The minimum Gasteiger partial charge on any atom is -0.493 e. The van der Waals surface area contributed by atoms with E-state index in [4.69, 9.17) is 9.47 Å². The first kappa shape index (κ1) is 24.2. The number of fused-ring (bicyclic) bond motifs is 1. The molecule has 0 fully saturated rings. The second kappa shape index (κ2) is 10.1. The van der Waals surface area contributed by atoms with Gasteiger partial charge in [-0.05, 0) is 48.0 Å². The minimum atomic E-state index is -4.56. The van der Waals surface area contributed by atoms with E-state index in [1.807, 2.05) is 0 Å². The number of hydrogen-bond donors (Lipinski definition) is 0. The van der Waals surface area contributed by atoms with Gasteiger partial charge in [0.05, 0.1) is 42.2 Å². The summed E-state index contributed by atoms with van der Waals surface area (Å²) in [6, 6.07) is 14.3. The fourth-order valence-electron chi connectivity index (χ4n) is 3.39. The number of hydrogen-bond acceptors (Lipinski definition) is 6. The van der Waals surface area contributed by atoms with Gasteiger partial charge in [-0.25, -0.2) is 4.98 Å². The summed E-state index contributed by atoms with van der Waals surface area (Å²) in [4.78, 5) is 23.0. The third kappa shape index (κ3) is 5.43. The second-order valence-corrected chi connectivity index (χ2v) is 8.35. The number of benzene rings is 2. The topological polar surface area (TPSA) is 64.5 Å². The molecule has 0 radical (unpaired) electrons. The van der Waals surface area contributed by atoms with E-state index in [0.29, 0.717) is 27.5 Å². The molecule has 1 amide bonds. The van der Waals surface area contributed by atoms with E-state index >= 15 is 0 Å². The maximum atomic E-state index is 13.5. The number of amides is 1. The van der Waals surface area contributed by atoms with Gasteiger partial charge < -0.3 is 9.47 Å². The number of carbonyl (C=O) groups is 1. The Morgan fingerprint density at radius 3 is 2.54 bits per heavy atom. The van der Waals surface area contributed by atoms with Crippen molar-refractivity contribution in [2.75, 3.05) is 19.1 Å². The number of anilines is 1. The van der Waals surface area contributed by atoms with Crippen LogP contribution in [-0.2, 0) is 17.5 Å². The van der Waals surface area contributed by atoms with Crippen LogP contribution in [-0.4, -0.2) is 30.1 Å². The molecule has 0 spiro atoms. The van der Waals surface area contributed by atoms with E-state index in [2.05, 4.69) is 9.97 Å². The molecule has 10 heteroatoms. The largest absolute Gasteiger partial charge is 0.493 e. The second-order valence-electron chi connectivity index (χ2n) is 7.34. The molecule has 0 atom stereocenters. The summed E-state index contributed by atoms with van der Waals surface area (Å²) in [6.07, 6.45) is -0.0589. The average Bonchev–Trinajstić information content (AvgIpc) is 3.29. The van der Waals surface area contributed by atoms with Gasteiger partial charge in [0, 0.05) is 12.3 Å². The third-order valence-corrected chi connectivity index (χ3v) is 6.13. The Labute approximate surface area is 203 Å². The number of ether oxygens (including phenoxy) is 2. The lowest BCUT2D eigenvalue weighted by atomic mass is 10.2. The van der Waals surface area contributed by atoms with Crippen LogP contribution >= 0.6 is 11.3 Å². The fourth-order valence-corrected chi connectivity index (χ4v) is 4.39. The smallest absolute Gasteiger partial charge is 0.418 e. The molecular formula is C25H20F3N3O3S. The summed E-state index contributed by atoms with van der Waals surface area (Å²) in [5.41, 5.74) is 0.208. The van der Waals surface area contributed by atoms with E-state index in [0.717, 1.165) is 17.4 Å². The standard InChI is InChI=1S/C25H20F3N3O3S/c1-33-19-11-9-16(14-20(19)34-2)10-12-22(32)31(15-17-6-3-4-13-29-17)24-30-23-18(25(26,27)28)7-5-8-21(23)35-24/h3-14H,15H2,1-2H3/b12-10+. The highest BCUT2D eigenvalue weighted by Crippen LogP contribution is 2.38. The van der Waals surface area contributed by atoms with Crippen molar-refractivity contribution in [1.82, 2.24) is 9.97 Å². The van der Waals surface area contributed by atoms with E-state index < -0.39 is 17.6 Å². The predicted molar refractivity (Wildman–Crippen MR) is 129 cm³/mol. The van der Waals surface area contributed by atoms with Gasteiger partial charge in [0.25, 0.3) is 5.91 Å². The monoisotopic (exact) mass is 499 g/mol. The van der Waals surface area contributed by atoms with Crippen molar-refractivity contribution < 1.29 is 27.4 Å². The molecular weight excluding hydrogens is 479 g/mol. The normalized spacial score (nSPS) is 11.7. The Morgan fingerprint density at radius 1 is 1.06 bits per heavy atom. The van der Waals surface area contributed by atoms with Crippen molar-refractivity contribution in [3.63, 3.8) is 0 Å². The number of rotatable bonds is 7. The number of halogens is 3. The zero-order chi connectivity index (χ0) is 25.0. The molecule has 4 aromatic rings. The van der Waals surface area contributed by atoms with Crippen LogP contribution < -0.4 is 14.4 Å². The molecule has 0 aliphatic heterocycles. The first-order chi connectivity index (χ1) is 16.8. The quantitative estimate of drug-likeness (QED) is 0.293. The number of carbonyl (C=O) groups excluding carboxylic acids is 1. The maximum absolute atomic E-state index is 13.5. The van der Waals surface area contributed by atoms with E-state index in [9.17, 15) is 18.0 Å². The zero-order valence-electron chi connectivity index (χ0n) is 18.7. The number of thiazole rings is 1. The molecule has 2 aromatic heterocycles. The zero-order valence-corrected chi connectivity index (χ0v) is 19.6. The van der Waals surface area contributed by atoms with Crippen molar-refractivity contribution >= 4 is 38.7 Å². The Balaban J connectivity index is 1.71. The van der Waals surface area contributed by atoms with Gasteiger partial charge in [0.15, 0.2) is 16.6 Å². The molecule has 4 rings (SSSR count). The Kier molecular flexibility index (Phi) is 7.02. The average molecular weight is 500 g/mol. The van der Waals surface area contributed by atoms with Crippen LogP contribution in [0.4, 0.5) is 18.3 Å². The van der Waals surface area contributed by atoms with E-state index in [1.54, 1.807) is 54.7 Å². The first-order valence-corrected chi connectivity index (χ1v) is 11.2. The molecule has 2 heterocycles. The van der Waals surface area contributed by atoms with E-state index in [-0.39, 0.29) is 17.2 Å². The van der Waals surface area contributed by atoms with Crippen LogP contribution in [0.1, 0.15) is 16.8 Å². The van der Waals surface area contributed by atoms with Crippen molar-refractivity contribution in [3.05, 3.63) is 83.7 Å². The number of alkyl halides is 3. The Hall–Kier alpha value is -3.92. The first-order valence-electron chi connectivity index (χ1n) is 10.4. The van der Waals surface area contributed by atoms with Crippen LogP contribution in [0, 0.1) is 0 Å². The lowest BCUT2D eigenvalue weighted by Gasteiger charge is -2.17. The summed E-state index contributed by atoms with van der Waals surface area (Å²) in [6.45, 7) is 0.0388. The highest BCUT2D eigenvalue weighted by Gasteiger charge is 2.34. The predicted octanol–water partition coefficient (Wildman–Crippen LogP) is 5.97. The molecule has 0 bridgehead atoms. The van der Waals surface area contributed by atoms with E-state index in [1.165, 1.54) is 31.3 Å². The third-order valence-electron chi connectivity index (χ3n) is 5.08. The number of aromatic nitrogens is 2. The summed E-state index contributed by atoms with van der Waals surface area (Å²) >= 11 is 1.01. The van der Waals surface area contributed by atoms with Gasteiger partial charge in [-0.1, -0.05) is 29.5 Å². The molecule has 180 valence electrons. The maximum Gasteiger partial charge on any atom is 0.418 e. The number of pyridine rings is 1. The van der Waals surface area contributed by atoms with Crippen molar-refractivity contribution in [3.8, 4) is 11.5 Å². The molecule has 0 aliphatic carbocycles.